The van der Waals surface area contributed by atoms with Gasteiger partial charge in [0.05, 0.1) is 12.6 Å². The number of imidazole rings is 1. The molecule has 3 aromatic rings. The maximum absolute atomic E-state index is 14.0. The fourth-order valence-electron chi connectivity index (χ4n) is 3.47. The molecule has 1 atom stereocenters. The fraction of sp³-hybridized carbons (Fsp3) is 0.368. The van der Waals surface area contributed by atoms with Crippen LogP contribution < -0.4 is 0 Å². The number of hydrogen-bond donors (Lipinski definition) is 1. The van der Waals surface area contributed by atoms with Crippen molar-refractivity contribution in [3.8, 4) is 11.5 Å². The molecule has 4 rings (SSSR count). The third-order valence-corrected chi connectivity index (χ3v) is 4.69. The van der Waals surface area contributed by atoms with E-state index < -0.39 is 6.10 Å². The molecule has 130 valence electrons. The van der Waals surface area contributed by atoms with Gasteiger partial charge < -0.3 is 14.6 Å². The van der Waals surface area contributed by atoms with E-state index in [4.69, 9.17) is 0 Å². The first kappa shape index (κ1) is 16.2. The Morgan fingerprint density at radius 3 is 2.80 bits per heavy atom. The number of aromatic nitrogens is 3. The number of pyridine rings is 1. The van der Waals surface area contributed by atoms with Crippen LogP contribution in [0, 0.1) is 5.82 Å². The first-order chi connectivity index (χ1) is 12.2. The van der Waals surface area contributed by atoms with Crippen LogP contribution in [0.25, 0.3) is 22.4 Å². The van der Waals surface area contributed by atoms with Gasteiger partial charge in [0, 0.05) is 24.3 Å². The van der Waals surface area contributed by atoms with Gasteiger partial charge in [-0.25, -0.2) is 14.4 Å². The molecule has 0 amide bonds. The van der Waals surface area contributed by atoms with E-state index in [9.17, 15) is 9.50 Å². The minimum Gasteiger partial charge on any atom is -0.390 e. The maximum atomic E-state index is 14.0. The van der Waals surface area contributed by atoms with Crippen LogP contribution in [-0.4, -0.2) is 50.3 Å². The predicted octanol–water partition coefficient (Wildman–Crippen LogP) is 2.69. The van der Waals surface area contributed by atoms with Gasteiger partial charge in [-0.1, -0.05) is 18.2 Å². The van der Waals surface area contributed by atoms with Crippen molar-refractivity contribution in [1.29, 1.82) is 0 Å². The highest BCUT2D eigenvalue weighted by Crippen LogP contribution is 2.22. The van der Waals surface area contributed by atoms with Gasteiger partial charge in [-0.3, -0.25) is 0 Å². The lowest BCUT2D eigenvalue weighted by Crippen LogP contribution is -2.32. The number of aliphatic hydroxyl groups excluding tert-OH is 1. The van der Waals surface area contributed by atoms with Gasteiger partial charge in [0.25, 0.3) is 0 Å². The number of halogens is 1. The third kappa shape index (κ3) is 3.41. The monoisotopic (exact) mass is 340 g/mol. The van der Waals surface area contributed by atoms with E-state index in [-0.39, 0.29) is 5.82 Å². The normalized spacial score (nSPS) is 16.6. The Bertz CT molecular complexity index is 873. The second kappa shape index (κ2) is 6.90. The molecule has 1 unspecified atom stereocenters. The van der Waals surface area contributed by atoms with Crippen molar-refractivity contribution in [2.75, 3.05) is 19.6 Å². The first-order valence-corrected chi connectivity index (χ1v) is 8.68. The smallest absolute Gasteiger partial charge is 0.158 e. The van der Waals surface area contributed by atoms with Crippen molar-refractivity contribution >= 4 is 10.9 Å². The van der Waals surface area contributed by atoms with Crippen LogP contribution in [0.3, 0.4) is 0 Å². The molecular formula is C19H21FN4O. The summed E-state index contributed by atoms with van der Waals surface area (Å²) in [4.78, 5) is 11.1. The largest absolute Gasteiger partial charge is 0.390 e. The number of aliphatic hydroxyl groups is 1. The Balaban J connectivity index is 1.57. The molecule has 2 aromatic heterocycles. The fourth-order valence-corrected chi connectivity index (χ4v) is 3.47. The van der Waals surface area contributed by atoms with Gasteiger partial charge in [0.15, 0.2) is 5.82 Å². The van der Waals surface area contributed by atoms with E-state index in [0.717, 1.165) is 18.5 Å². The Labute approximate surface area is 145 Å². The molecule has 0 saturated carbocycles. The lowest BCUT2D eigenvalue weighted by molar-refractivity contribution is 0.109. The average molecular weight is 340 g/mol. The van der Waals surface area contributed by atoms with Crippen molar-refractivity contribution in [3.05, 3.63) is 48.5 Å². The van der Waals surface area contributed by atoms with Crippen molar-refractivity contribution in [2.24, 2.45) is 0 Å². The predicted molar refractivity (Wildman–Crippen MR) is 94.6 cm³/mol. The van der Waals surface area contributed by atoms with E-state index in [1.165, 1.54) is 18.9 Å². The second-order valence-corrected chi connectivity index (χ2v) is 6.57. The Kier molecular flexibility index (Phi) is 4.46. The molecule has 1 aliphatic rings. The molecule has 1 aliphatic heterocycles. The van der Waals surface area contributed by atoms with E-state index in [1.54, 1.807) is 12.3 Å². The molecule has 0 radical (unpaired) electrons. The maximum Gasteiger partial charge on any atom is 0.158 e. The van der Waals surface area contributed by atoms with Crippen LogP contribution in [0.4, 0.5) is 4.39 Å². The third-order valence-electron chi connectivity index (χ3n) is 4.69. The summed E-state index contributed by atoms with van der Waals surface area (Å²) in [6.45, 7) is 3.22. The number of β-amino-alcohol motifs (C(OH)–C–C–N with tert-alkyl or cyclic N) is 1. The van der Waals surface area contributed by atoms with Crippen LogP contribution in [0.15, 0.2) is 42.7 Å². The van der Waals surface area contributed by atoms with Crippen LogP contribution in [-0.2, 0) is 6.54 Å². The highest BCUT2D eigenvalue weighted by atomic mass is 19.1. The Morgan fingerprint density at radius 1 is 1.12 bits per heavy atom. The molecular weight excluding hydrogens is 319 g/mol. The number of likely N-dealkylation sites (tertiary alicyclic amines) is 1. The first-order valence-electron chi connectivity index (χ1n) is 8.68. The lowest BCUT2D eigenvalue weighted by Gasteiger charge is -2.20. The molecule has 0 bridgehead atoms. The zero-order valence-corrected chi connectivity index (χ0v) is 14.0. The van der Waals surface area contributed by atoms with Crippen molar-refractivity contribution in [1.82, 2.24) is 19.4 Å². The zero-order valence-electron chi connectivity index (χ0n) is 14.0. The summed E-state index contributed by atoms with van der Waals surface area (Å²) in [6, 6.07) is 8.61. The van der Waals surface area contributed by atoms with Gasteiger partial charge >= 0.3 is 0 Å². The van der Waals surface area contributed by atoms with Gasteiger partial charge in [-0.2, -0.15) is 0 Å². The zero-order chi connectivity index (χ0) is 17.2. The highest BCUT2D eigenvalue weighted by molar-refractivity contribution is 5.81. The number of nitrogens with zero attached hydrogens (tertiary/aromatic N) is 4. The van der Waals surface area contributed by atoms with Crippen LogP contribution in [0.1, 0.15) is 12.8 Å². The van der Waals surface area contributed by atoms with Crippen LogP contribution >= 0.6 is 0 Å². The number of para-hydroxylation sites is 1. The molecule has 1 saturated heterocycles. The molecule has 0 aliphatic carbocycles. The van der Waals surface area contributed by atoms with Crippen LogP contribution in [0.2, 0.25) is 0 Å². The number of fused-ring (bicyclic) bond motifs is 1. The summed E-state index contributed by atoms with van der Waals surface area (Å²) in [6.07, 6.45) is 5.45. The summed E-state index contributed by atoms with van der Waals surface area (Å²) in [7, 11) is 0. The van der Waals surface area contributed by atoms with Crippen molar-refractivity contribution < 1.29 is 9.50 Å². The minimum absolute atomic E-state index is 0.340. The minimum atomic E-state index is -0.469. The van der Waals surface area contributed by atoms with Crippen molar-refractivity contribution in [2.45, 2.75) is 25.5 Å². The van der Waals surface area contributed by atoms with Gasteiger partial charge in [0.1, 0.15) is 17.0 Å². The van der Waals surface area contributed by atoms with E-state index in [2.05, 4.69) is 14.9 Å². The molecule has 3 heterocycles. The molecule has 1 fully saturated rings. The summed E-state index contributed by atoms with van der Waals surface area (Å²) >= 11 is 0. The molecule has 1 N–H and O–H groups in total. The molecule has 25 heavy (non-hydrogen) atoms. The van der Waals surface area contributed by atoms with Gasteiger partial charge in [0.2, 0.25) is 0 Å². The number of rotatable bonds is 5. The van der Waals surface area contributed by atoms with E-state index in [1.807, 2.05) is 29.0 Å². The summed E-state index contributed by atoms with van der Waals surface area (Å²) in [5.41, 5.74) is 0.947. The molecule has 6 heteroatoms. The van der Waals surface area contributed by atoms with Gasteiger partial charge in [-0.05, 0) is 38.1 Å². The van der Waals surface area contributed by atoms with Crippen molar-refractivity contribution in [3.63, 3.8) is 0 Å². The summed E-state index contributed by atoms with van der Waals surface area (Å²) in [5.74, 6) is 0.303. The second-order valence-electron chi connectivity index (χ2n) is 6.57. The highest BCUT2D eigenvalue weighted by Gasteiger charge is 2.18. The molecule has 0 spiro atoms. The lowest BCUT2D eigenvalue weighted by atomic mass is 10.2. The Hall–Kier alpha value is -2.31. The summed E-state index contributed by atoms with van der Waals surface area (Å²) < 4.78 is 15.9. The topological polar surface area (TPSA) is 54.2 Å². The average Bonchev–Trinajstić information content (AvgIpc) is 3.27. The standard InChI is InChI=1S/C19H21FN4O/c20-16-5-3-4-14-6-7-17(22-18(14)16)19-21-8-11-24(19)13-15(25)12-23-9-1-2-10-23/h3-8,11,15,25H,1-2,9-10,12-13H2. The van der Waals surface area contributed by atoms with Crippen LogP contribution in [0.5, 0.6) is 0 Å². The van der Waals surface area contributed by atoms with E-state index in [0.29, 0.717) is 30.1 Å². The number of benzene rings is 1. The summed E-state index contributed by atoms with van der Waals surface area (Å²) in [5, 5.41) is 11.2. The quantitative estimate of drug-likeness (QED) is 0.776. The molecule has 1 aromatic carbocycles. The Morgan fingerprint density at radius 2 is 1.96 bits per heavy atom. The van der Waals surface area contributed by atoms with Gasteiger partial charge in [-0.15, -0.1) is 0 Å². The molecule has 5 nitrogen and oxygen atoms in total. The number of hydrogen-bond acceptors (Lipinski definition) is 4. The van der Waals surface area contributed by atoms with E-state index >= 15 is 0 Å². The SMILES string of the molecule is OC(CN1CCCC1)Cn1ccnc1-c1ccc2cccc(F)c2n1.